The van der Waals surface area contributed by atoms with Gasteiger partial charge in [0.1, 0.15) is 5.65 Å². The van der Waals surface area contributed by atoms with Gasteiger partial charge in [0.15, 0.2) is 0 Å². The molecule has 1 unspecified atom stereocenters. The number of aryl methyl sites for hydroxylation is 1. The van der Waals surface area contributed by atoms with Gasteiger partial charge in [0, 0.05) is 25.5 Å². The van der Waals surface area contributed by atoms with Crippen LogP contribution in [0.3, 0.4) is 0 Å². The first kappa shape index (κ1) is 13.6. The van der Waals surface area contributed by atoms with Crippen LogP contribution < -0.4 is 5.32 Å². The first-order valence-corrected chi connectivity index (χ1v) is 7.54. The van der Waals surface area contributed by atoms with E-state index in [1.807, 2.05) is 0 Å². The van der Waals surface area contributed by atoms with Crippen molar-refractivity contribution in [3.05, 3.63) is 35.8 Å². The van der Waals surface area contributed by atoms with Crippen molar-refractivity contribution in [1.29, 1.82) is 0 Å². The highest BCUT2D eigenvalue weighted by atomic mass is 15.1. The minimum atomic E-state index is 0.785. The lowest BCUT2D eigenvalue weighted by Crippen LogP contribution is -2.36. The van der Waals surface area contributed by atoms with E-state index < -0.39 is 0 Å². The molecule has 2 aromatic heterocycles. The molecule has 1 saturated heterocycles. The van der Waals surface area contributed by atoms with Crippen LogP contribution in [0.25, 0.3) is 5.65 Å². The lowest BCUT2D eigenvalue weighted by molar-refractivity contribution is 0.236. The molecule has 0 saturated carbocycles. The molecule has 0 spiro atoms. The molecular weight excluding hydrogens is 248 g/mol. The number of nitrogens with one attached hydrogen (secondary N) is 1. The third-order valence-corrected chi connectivity index (χ3v) is 4.05. The Balaban J connectivity index is 1.63. The fourth-order valence-electron chi connectivity index (χ4n) is 3.09. The first-order valence-electron chi connectivity index (χ1n) is 7.54. The first-order chi connectivity index (χ1) is 9.70. The molecule has 1 N–H and O–H groups in total. The second-order valence-corrected chi connectivity index (χ2v) is 6.11. The monoisotopic (exact) mass is 272 g/mol. The Morgan fingerprint density at radius 2 is 2.30 bits per heavy atom. The Morgan fingerprint density at radius 1 is 1.40 bits per heavy atom. The summed E-state index contributed by atoms with van der Waals surface area (Å²) < 4.78 is 2.13. The predicted octanol–water partition coefficient (Wildman–Crippen LogP) is 2.07. The highest BCUT2D eigenvalue weighted by molar-refractivity contribution is 5.41. The van der Waals surface area contributed by atoms with E-state index in [1.54, 1.807) is 0 Å². The predicted molar refractivity (Wildman–Crippen MR) is 81.9 cm³/mol. The van der Waals surface area contributed by atoms with Gasteiger partial charge in [-0.1, -0.05) is 6.07 Å². The summed E-state index contributed by atoms with van der Waals surface area (Å²) >= 11 is 0. The van der Waals surface area contributed by atoms with Crippen LogP contribution in [0.5, 0.6) is 0 Å². The van der Waals surface area contributed by atoms with Gasteiger partial charge in [-0.3, -0.25) is 0 Å². The van der Waals surface area contributed by atoms with E-state index in [-0.39, 0.29) is 0 Å². The largest absolute Gasteiger partial charge is 0.316 e. The Morgan fingerprint density at radius 3 is 3.10 bits per heavy atom. The maximum Gasteiger partial charge on any atom is 0.137 e. The highest BCUT2D eigenvalue weighted by Gasteiger charge is 2.15. The van der Waals surface area contributed by atoms with Gasteiger partial charge in [0.05, 0.1) is 5.69 Å². The average Bonchev–Trinajstić information content (AvgIpc) is 2.80. The molecule has 3 rings (SSSR count). The zero-order valence-electron chi connectivity index (χ0n) is 12.5. The van der Waals surface area contributed by atoms with Gasteiger partial charge < -0.3 is 14.6 Å². The number of pyridine rings is 1. The van der Waals surface area contributed by atoms with Crippen LogP contribution in [0.1, 0.15) is 24.1 Å². The molecule has 20 heavy (non-hydrogen) atoms. The lowest BCUT2D eigenvalue weighted by Gasteiger charge is -2.27. The summed E-state index contributed by atoms with van der Waals surface area (Å²) in [4.78, 5) is 7.09. The molecule has 0 bridgehead atoms. The van der Waals surface area contributed by atoms with Crippen molar-refractivity contribution in [1.82, 2.24) is 19.6 Å². The summed E-state index contributed by atoms with van der Waals surface area (Å²) in [5.41, 5.74) is 3.46. The Bertz CT molecular complexity index is 569. The average molecular weight is 272 g/mol. The van der Waals surface area contributed by atoms with Crippen molar-refractivity contribution < 1.29 is 0 Å². The summed E-state index contributed by atoms with van der Waals surface area (Å²) in [6, 6.07) is 4.20. The quantitative estimate of drug-likeness (QED) is 0.925. The van der Waals surface area contributed by atoms with E-state index in [9.17, 15) is 0 Å². The molecular formula is C16H24N4. The van der Waals surface area contributed by atoms with E-state index in [1.165, 1.54) is 24.9 Å². The van der Waals surface area contributed by atoms with Crippen LogP contribution in [0, 0.1) is 12.8 Å². The normalized spacial score (nSPS) is 19.9. The van der Waals surface area contributed by atoms with Crippen molar-refractivity contribution in [2.24, 2.45) is 5.92 Å². The smallest absolute Gasteiger partial charge is 0.137 e. The van der Waals surface area contributed by atoms with Gasteiger partial charge in [0.2, 0.25) is 0 Å². The number of nitrogens with zero attached hydrogens (tertiary/aromatic N) is 3. The second kappa shape index (κ2) is 5.94. The van der Waals surface area contributed by atoms with Crippen LogP contribution in [-0.4, -0.2) is 41.0 Å². The lowest BCUT2D eigenvalue weighted by atomic mass is 9.99. The molecule has 3 heterocycles. The van der Waals surface area contributed by atoms with Crippen LogP contribution in [0.2, 0.25) is 0 Å². The summed E-state index contributed by atoms with van der Waals surface area (Å²) in [6.45, 7) is 6.54. The molecule has 0 aromatic carbocycles. The van der Waals surface area contributed by atoms with Gasteiger partial charge in [-0.15, -0.1) is 0 Å². The van der Waals surface area contributed by atoms with Gasteiger partial charge >= 0.3 is 0 Å². The molecule has 0 amide bonds. The second-order valence-electron chi connectivity index (χ2n) is 6.11. The Kier molecular flexibility index (Phi) is 4.03. The molecule has 4 heteroatoms. The fourth-order valence-corrected chi connectivity index (χ4v) is 3.09. The van der Waals surface area contributed by atoms with Gasteiger partial charge in [-0.05, 0) is 57.5 Å². The number of hydrogen-bond donors (Lipinski definition) is 1. The van der Waals surface area contributed by atoms with Crippen LogP contribution in [0.4, 0.5) is 0 Å². The summed E-state index contributed by atoms with van der Waals surface area (Å²) in [6.07, 6.45) is 6.95. The van der Waals surface area contributed by atoms with E-state index in [0.29, 0.717) is 0 Å². The summed E-state index contributed by atoms with van der Waals surface area (Å²) in [7, 11) is 2.20. The Labute approximate surface area is 120 Å². The van der Waals surface area contributed by atoms with Crippen molar-refractivity contribution in [2.75, 3.05) is 26.7 Å². The van der Waals surface area contributed by atoms with Crippen LogP contribution >= 0.6 is 0 Å². The molecule has 1 aliphatic rings. The number of imidazole rings is 1. The molecule has 0 aliphatic carbocycles. The minimum Gasteiger partial charge on any atom is -0.316 e. The molecule has 108 valence electrons. The fraction of sp³-hybridized carbons (Fsp3) is 0.562. The zero-order chi connectivity index (χ0) is 13.9. The molecule has 2 aromatic rings. The Hall–Kier alpha value is -1.39. The SMILES string of the molecule is Cc1ccc2nc(CN(C)CC3CCCNC3)cn2c1. The van der Waals surface area contributed by atoms with E-state index in [2.05, 4.69) is 53.1 Å². The number of hydrogen-bond acceptors (Lipinski definition) is 3. The van der Waals surface area contributed by atoms with Crippen LogP contribution in [-0.2, 0) is 6.54 Å². The van der Waals surface area contributed by atoms with Crippen molar-refractivity contribution in [3.8, 4) is 0 Å². The van der Waals surface area contributed by atoms with Crippen LogP contribution in [0.15, 0.2) is 24.5 Å². The van der Waals surface area contributed by atoms with Crippen molar-refractivity contribution in [3.63, 3.8) is 0 Å². The number of rotatable bonds is 4. The molecule has 1 aliphatic heterocycles. The number of aromatic nitrogens is 2. The zero-order valence-corrected chi connectivity index (χ0v) is 12.5. The third-order valence-electron chi connectivity index (χ3n) is 4.05. The van der Waals surface area contributed by atoms with E-state index in [4.69, 9.17) is 4.98 Å². The van der Waals surface area contributed by atoms with E-state index >= 15 is 0 Å². The molecule has 1 atom stereocenters. The molecule has 4 nitrogen and oxygen atoms in total. The topological polar surface area (TPSA) is 32.6 Å². The molecule has 0 radical (unpaired) electrons. The maximum absolute atomic E-state index is 4.69. The van der Waals surface area contributed by atoms with Crippen molar-refractivity contribution >= 4 is 5.65 Å². The van der Waals surface area contributed by atoms with Gasteiger partial charge in [0.25, 0.3) is 0 Å². The standard InChI is InChI=1S/C16H24N4/c1-13-5-6-16-18-15(12-20(16)9-13)11-19(2)10-14-4-3-7-17-8-14/h5-6,9,12,14,17H,3-4,7-8,10-11H2,1-2H3. The number of piperidine rings is 1. The van der Waals surface area contributed by atoms with E-state index in [0.717, 1.165) is 36.9 Å². The van der Waals surface area contributed by atoms with Gasteiger partial charge in [-0.2, -0.15) is 0 Å². The van der Waals surface area contributed by atoms with Gasteiger partial charge in [-0.25, -0.2) is 4.98 Å². The summed E-state index contributed by atoms with van der Waals surface area (Å²) in [5, 5.41) is 3.49. The highest BCUT2D eigenvalue weighted by Crippen LogP contribution is 2.13. The maximum atomic E-state index is 4.69. The number of fused-ring (bicyclic) bond motifs is 1. The summed E-state index contributed by atoms with van der Waals surface area (Å²) in [5.74, 6) is 0.785. The minimum absolute atomic E-state index is 0.785. The third kappa shape index (κ3) is 3.19. The van der Waals surface area contributed by atoms with Crippen molar-refractivity contribution in [2.45, 2.75) is 26.3 Å². The molecule has 1 fully saturated rings.